The van der Waals surface area contributed by atoms with Gasteiger partial charge in [0.15, 0.2) is 5.78 Å². The number of imidazole rings is 1. The first-order valence-corrected chi connectivity index (χ1v) is 6.60. The monoisotopic (exact) mass is 273 g/mol. The van der Waals surface area contributed by atoms with Gasteiger partial charge in [0.1, 0.15) is 0 Å². The third-order valence-electron chi connectivity index (χ3n) is 3.76. The molecule has 1 aliphatic rings. The van der Waals surface area contributed by atoms with E-state index >= 15 is 0 Å². The van der Waals surface area contributed by atoms with E-state index < -0.39 is 0 Å². The molecule has 0 saturated carbocycles. The molecule has 1 aliphatic heterocycles. The lowest BCUT2D eigenvalue weighted by Crippen LogP contribution is -2.45. The first-order valence-electron chi connectivity index (χ1n) is 6.60. The summed E-state index contributed by atoms with van der Waals surface area (Å²) < 4.78 is 0. The summed E-state index contributed by atoms with van der Waals surface area (Å²) in [7, 11) is 0. The molecule has 0 spiro atoms. The molecule has 6 nitrogen and oxygen atoms in total. The molecule has 2 aromatic rings. The highest BCUT2D eigenvalue weighted by Gasteiger charge is 2.29. The lowest BCUT2D eigenvalue weighted by molar-refractivity contribution is -0.122. The number of aromatic amines is 2. The maximum absolute atomic E-state index is 12.6. The van der Waals surface area contributed by atoms with Crippen LogP contribution in [0.3, 0.4) is 0 Å². The molecule has 1 amide bonds. The Bertz CT molecular complexity index is 743. The summed E-state index contributed by atoms with van der Waals surface area (Å²) in [6.07, 6.45) is 1.21. The van der Waals surface area contributed by atoms with E-state index in [-0.39, 0.29) is 30.0 Å². The second-order valence-electron chi connectivity index (χ2n) is 5.17. The zero-order valence-corrected chi connectivity index (χ0v) is 11.1. The number of aromatic nitrogens is 2. The molecule has 1 aromatic heterocycles. The van der Waals surface area contributed by atoms with Crippen molar-refractivity contribution in [3.8, 4) is 0 Å². The van der Waals surface area contributed by atoms with Gasteiger partial charge in [-0.15, -0.1) is 0 Å². The number of likely N-dealkylation sites (tertiary alicyclic amines) is 1. The van der Waals surface area contributed by atoms with E-state index in [9.17, 15) is 14.4 Å². The van der Waals surface area contributed by atoms with Crippen molar-refractivity contribution in [1.29, 1.82) is 0 Å². The van der Waals surface area contributed by atoms with Gasteiger partial charge in [-0.25, -0.2) is 4.79 Å². The van der Waals surface area contributed by atoms with E-state index in [1.165, 1.54) is 0 Å². The zero-order valence-electron chi connectivity index (χ0n) is 11.1. The highest BCUT2D eigenvalue weighted by Crippen LogP contribution is 2.20. The predicted octanol–water partition coefficient (Wildman–Crippen LogP) is 1.05. The van der Waals surface area contributed by atoms with Crippen LogP contribution in [0.1, 0.15) is 30.1 Å². The Balaban J connectivity index is 2.03. The number of Topliss-reactive ketones (excluding diaryl/α,β-unsaturated/α-hetero) is 1. The van der Waals surface area contributed by atoms with E-state index in [1.807, 2.05) is 6.92 Å². The lowest BCUT2D eigenvalue weighted by atomic mass is 10.0. The zero-order chi connectivity index (χ0) is 14.3. The summed E-state index contributed by atoms with van der Waals surface area (Å²) in [6, 6.07) is 5.14. The van der Waals surface area contributed by atoms with Crippen LogP contribution in [0.5, 0.6) is 0 Å². The number of rotatable bonds is 1. The summed E-state index contributed by atoms with van der Waals surface area (Å²) in [6.45, 7) is 2.08. The summed E-state index contributed by atoms with van der Waals surface area (Å²) in [4.78, 5) is 42.4. The SMILES string of the molecule is CC1CCC(=O)CN1C(=O)c1cccc2[nH]c(=O)[nH]c12. The topological polar surface area (TPSA) is 86.0 Å². The fraction of sp³-hybridized carbons (Fsp3) is 0.357. The normalized spacial score (nSPS) is 19.6. The molecule has 3 rings (SSSR count). The molecule has 0 radical (unpaired) electrons. The average Bonchev–Trinajstić information content (AvgIpc) is 2.80. The van der Waals surface area contributed by atoms with Crippen LogP contribution in [-0.2, 0) is 4.79 Å². The number of ketones is 1. The number of benzene rings is 1. The van der Waals surface area contributed by atoms with Gasteiger partial charge in [0, 0.05) is 12.5 Å². The summed E-state index contributed by atoms with van der Waals surface area (Å²) >= 11 is 0. The Hall–Kier alpha value is -2.37. The smallest absolute Gasteiger partial charge is 0.323 e. The van der Waals surface area contributed by atoms with Crippen LogP contribution in [0.2, 0.25) is 0 Å². The van der Waals surface area contributed by atoms with Crippen molar-refractivity contribution < 1.29 is 9.59 Å². The fourth-order valence-electron chi connectivity index (χ4n) is 2.61. The molecular formula is C14H15N3O3. The third kappa shape index (κ3) is 2.03. The summed E-state index contributed by atoms with van der Waals surface area (Å²) in [5.74, 6) is -0.141. The molecule has 104 valence electrons. The molecule has 1 atom stereocenters. The minimum atomic E-state index is -0.344. The van der Waals surface area contributed by atoms with Crippen LogP contribution in [0.4, 0.5) is 0 Å². The molecule has 1 aromatic carbocycles. The highest BCUT2D eigenvalue weighted by atomic mass is 16.2. The van der Waals surface area contributed by atoms with E-state index in [2.05, 4.69) is 9.97 Å². The first kappa shape index (κ1) is 12.7. The van der Waals surface area contributed by atoms with Crippen molar-refractivity contribution in [2.24, 2.45) is 0 Å². The maximum atomic E-state index is 12.6. The number of hydrogen-bond donors (Lipinski definition) is 2. The minimum Gasteiger partial charge on any atom is -0.329 e. The highest BCUT2D eigenvalue weighted by molar-refractivity contribution is 6.06. The number of H-pyrrole nitrogens is 2. The Kier molecular flexibility index (Phi) is 2.93. The molecule has 1 fully saturated rings. The molecule has 1 unspecified atom stereocenters. The van der Waals surface area contributed by atoms with Crippen molar-refractivity contribution in [3.05, 3.63) is 34.2 Å². The molecule has 20 heavy (non-hydrogen) atoms. The number of amides is 1. The average molecular weight is 273 g/mol. The van der Waals surface area contributed by atoms with Crippen molar-refractivity contribution in [2.45, 2.75) is 25.8 Å². The third-order valence-corrected chi connectivity index (χ3v) is 3.76. The summed E-state index contributed by atoms with van der Waals surface area (Å²) in [5, 5.41) is 0. The minimum absolute atomic E-state index is 0.0288. The molecule has 6 heteroatoms. The van der Waals surface area contributed by atoms with E-state index in [0.717, 1.165) is 0 Å². The Morgan fingerprint density at radius 3 is 2.90 bits per heavy atom. The van der Waals surface area contributed by atoms with Crippen LogP contribution >= 0.6 is 0 Å². The predicted molar refractivity (Wildman–Crippen MR) is 73.7 cm³/mol. The van der Waals surface area contributed by atoms with Crippen LogP contribution in [0, 0.1) is 0 Å². The number of carbonyl (C=O) groups excluding carboxylic acids is 2. The molecule has 2 heterocycles. The number of nitrogens with zero attached hydrogens (tertiary/aromatic N) is 1. The van der Waals surface area contributed by atoms with Gasteiger partial charge >= 0.3 is 5.69 Å². The van der Waals surface area contributed by atoms with Crippen molar-refractivity contribution in [3.63, 3.8) is 0 Å². The van der Waals surface area contributed by atoms with Gasteiger partial charge in [0.05, 0.1) is 23.1 Å². The molecule has 0 aliphatic carbocycles. The quantitative estimate of drug-likeness (QED) is 0.814. The van der Waals surface area contributed by atoms with Crippen LogP contribution in [0.15, 0.2) is 23.0 Å². The fourth-order valence-corrected chi connectivity index (χ4v) is 2.61. The lowest BCUT2D eigenvalue weighted by Gasteiger charge is -2.32. The van der Waals surface area contributed by atoms with Crippen LogP contribution < -0.4 is 5.69 Å². The Morgan fingerprint density at radius 1 is 1.30 bits per heavy atom. The second-order valence-corrected chi connectivity index (χ2v) is 5.17. The number of nitrogens with one attached hydrogen (secondary N) is 2. The van der Waals surface area contributed by atoms with E-state index in [4.69, 9.17) is 0 Å². The molecule has 2 N–H and O–H groups in total. The van der Waals surface area contributed by atoms with E-state index in [1.54, 1.807) is 23.1 Å². The number of fused-ring (bicyclic) bond motifs is 1. The van der Waals surface area contributed by atoms with Gasteiger partial charge in [0.2, 0.25) is 0 Å². The Morgan fingerprint density at radius 2 is 2.10 bits per heavy atom. The largest absolute Gasteiger partial charge is 0.329 e. The van der Waals surface area contributed by atoms with Crippen LogP contribution in [0.25, 0.3) is 11.0 Å². The number of para-hydroxylation sites is 1. The Labute approximate surface area is 114 Å². The van der Waals surface area contributed by atoms with Gasteiger partial charge in [-0.05, 0) is 25.5 Å². The van der Waals surface area contributed by atoms with Crippen molar-refractivity contribution in [2.75, 3.05) is 6.54 Å². The van der Waals surface area contributed by atoms with Crippen molar-refractivity contribution in [1.82, 2.24) is 14.9 Å². The van der Waals surface area contributed by atoms with Gasteiger partial charge < -0.3 is 14.9 Å². The van der Waals surface area contributed by atoms with E-state index in [0.29, 0.717) is 29.4 Å². The molecule has 0 bridgehead atoms. The number of piperidine rings is 1. The number of carbonyl (C=O) groups is 2. The van der Waals surface area contributed by atoms with Gasteiger partial charge in [-0.1, -0.05) is 6.07 Å². The number of hydrogen-bond acceptors (Lipinski definition) is 3. The summed E-state index contributed by atoms with van der Waals surface area (Å²) in [5.41, 5.74) is 1.16. The molecule has 1 saturated heterocycles. The second kappa shape index (κ2) is 4.63. The maximum Gasteiger partial charge on any atom is 0.323 e. The standard InChI is InChI=1S/C14H15N3O3/c1-8-5-6-9(18)7-17(8)13(19)10-3-2-4-11-12(10)16-14(20)15-11/h2-4,8H,5-7H2,1H3,(H2,15,16,20). The van der Waals surface area contributed by atoms with Crippen molar-refractivity contribution >= 4 is 22.7 Å². The first-order chi connectivity index (χ1) is 9.56. The van der Waals surface area contributed by atoms with Gasteiger partial charge in [-0.2, -0.15) is 0 Å². The van der Waals surface area contributed by atoms with Gasteiger partial charge in [0.25, 0.3) is 5.91 Å². The van der Waals surface area contributed by atoms with Crippen LogP contribution in [-0.4, -0.2) is 39.1 Å². The van der Waals surface area contributed by atoms with Gasteiger partial charge in [-0.3, -0.25) is 9.59 Å². The molecular weight excluding hydrogens is 258 g/mol.